The molecule has 0 unspecified atom stereocenters. The summed E-state index contributed by atoms with van der Waals surface area (Å²) in [4.78, 5) is 20.7. The van der Waals surface area contributed by atoms with Crippen molar-refractivity contribution in [1.29, 1.82) is 0 Å². The molecule has 8 heteroatoms. The van der Waals surface area contributed by atoms with Crippen LogP contribution in [0.3, 0.4) is 0 Å². The smallest absolute Gasteiger partial charge is 0.414 e. The minimum Gasteiger partial charge on any atom is -0.492 e. The van der Waals surface area contributed by atoms with Crippen LogP contribution in [0.5, 0.6) is 5.75 Å². The highest BCUT2D eigenvalue weighted by Crippen LogP contribution is 2.27. The van der Waals surface area contributed by atoms with Crippen LogP contribution >= 0.6 is 27.5 Å². The molecule has 0 aromatic heterocycles. The quantitative estimate of drug-likeness (QED) is 0.539. The van der Waals surface area contributed by atoms with Crippen molar-refractivity contribution in [3.63, 3.8) is 0 Å². The summed E-state index contributed by atoms with van der Waals surface area (Å²) in [6.45, 7) is 4.51. The summed E-state index contributed by atoms with van der Waals surface area (Å²) >= 11 is 9.46. The van der Waals surface area contributed by atoms with Gasteiger partial charge in [-0.25, -0.2) is 9.59 Å². The van der Waals surface area contributed by atoms with Crippen molar-refractivity contribution in [3.8, 4) is 5.75 Å². The first-order valence-corrected chi connectivity index (χ1v) is 8.83. The van der Waals surface area contributed by atoms with Crippen LogP contribution in [0.1, 0.15) is 25.7 Å². The number of nitrogens with zero attached hydrogens (tertiary/aromatic N) is 1. The number of ether oxygens (including phenoxy) is 1. The molecule has 1 fully saturated rings. The van der Waals surface area contributed by atoms with E-state index in [1.807, 2.05) is 18.2 Å². The Bertz CT molecular complexity index is 537. The highest BCUT2D eigenvalue weighted by Gasteiger charge is 2.10. The zero-order valence-corrected chi connectivity index (χ0v) is 15.6. The molecule has 1 aromatic rings. The molecule has 2 N–H and O–H groups in total. The standard InChI is InChI=1S/C14H19BrClNO.C2H2O4/c15-12-5-6-14(13(16)11-12)18-10-4-3-9-17-7-1-2-8-17;3-1(4)2(5)6/h5-6,11H,1-4,7-10H2;(H,3,4)(H,5,6). The molecule has 0 atom stereocenters. The van der Waals surface area contributed by atoms with E-state index in [0.29, 0.717) is 5.02 Å². The van der Waals surface area contributed by atoms with Gasteiger partial charge in [0, 0.05) is 4.47 Å². The van der Waals surface area contributed by atoms with Crippen LogP contribution in [-0.4, -0.2) is 53.3 Å². The zero-order chi connectivity index (χ0) is 17.9. The summed E-state index contributed by atoms with van der Waals surface area (Å²) in [7, 11) is 0. The van der Waals surface area contributed by atoms with Crippen LogP contribution in [0.15, 0.2) is 22.7 Å². The second-order valence-electron chi connectivity index (χ2n) is 5.29. The number of carboxylic acid groups (broad SMARTS) is 2. The van der Waals surface area contributed by atoms with Crippen molar-refractivity contribution in [2.75, 3.05) is 26.2 Å². The Morgan fingerprint density at radius 2 is 1.79 bits per heavy atom. The SMILES string of the molecule is Clc1cc(Br)ccc1OCCCCN1CCCC1.O=C(O)C(=O)O. The molecule has 2 rings (SSSR count). The minimum atomic E-state index is -1.82. The van der Waals surface area contributed by atoms with E-state index in [9.17, 15) is 0 Å². The van der Waals surface area contributed by atoms with E-state index in [4.69, 9.17) is 36.1 Å². The maximum absolute atomic E-state index is 9.10. The first-order chi connectivity index (χ1) is 11.4. The third-order valence-corrected chi connectivity index (χ3v) is 4.19. The fourth-order valence-electron chi connectivity index (χ4n) is 2.22. The molecule has 1 aromatic carbocycles. The largest absolute Gasteiger partial charge is 0.492 e. The number of rotatable bonds is 6. The Labute approximate surface area is 154 Å². The lowest BCUT2D eigenvalue weighted by molar-refractivity contribution is -0.159. The minimum absolute atomic E-state index is 0.670. The number of hydrogen-bond acceptors (Lipinski definition) is 4. The maximum Gasteiger partial charge on any atom is 0.414 e. The summed E-state index contributed by atoms with van der Waals surface area (Å²) in [5.41, 5.74) is 0. The second-order valence-corrected chi connectivity index (χ2v) is 6.61. The average Bonchev–Trinajstić information content (AvgIpc) is 3.02. The molecule has 0 bridgehead atoms. The zero-order valence-electron chi connectivity index (χ0n) is 13.2. The van der Waals surface area contributed by atoms with E-state index in [1.165, 1.54) is 38.9 Å². The molecule has 0 saturated carbocycles. The van der Waals surface area contributed by atoms with Gasteiger partial charge in [0.2, 0.25) is 0 Å². The molecular weight excluding hydrogens is 402 g/mol. The molecule has 24 heavy (non-hydrogen) atoms. The van der Waals surface area contributed by atoms with Crippen LogP contribution in [-0.2, 0) is 9.59 Å². The van der Waals surface area contributed by atoms with Gasteiger partial charge in [-0.1, -0.05) is 27.5 Å². The summed E-state index contributed by atoms with van der Waals surface area (Å²) in [6, 6.07) is 5.72. The van der Waals surface area contributed by atoms with Crippen LogP contribution in [0.2, 0.25) is 5.02 Å². The Kier molecular flexibility index (Phi) is 9.75. The van der Waals surface area contributed by atoms with Gasteiger partial charge in [0.1, 0.15) is 5.75 Å². The Morgan fingerprint density at radius 3 is 2.33 bits per heavy atom. The van der Waals surface area contributed by atoms with Crippen molar-refractivity contribution >= 4 is 39.5 Å². The first-order valence-electron chi connectivity index (χ1n) is 7.66. The van der Waals surface area contributed by atoms with Gasteiger partial charge in [0.25, 0.3) is 0 Å². The van der Waals surface area contributed by atoms with E-state index in [-0.39, 0.29) is 0 Å². The molecule has 1 heterocycles. The third kappa shape index (κ3) is 8.52. The van der Waals surface area contributed by atoms with Crippen molar-refractivity contribution in [2.45, 2.75) is 25.7 Å². The number of hydrogen-bond donors (Lipinski definition) is 2. The van der Waals surface area contributed by atoms with E-state index >= 15 is 0 Å². The van der Waals surface area contributed by atoms with E-state index in [1.54, 1.807) is 0 Å². The number of likely N-dealkylation sites (tertiary alicyclic amines) is 1. The van der Waals surface area contributed by atoms with Crippen molar-refractivity contribution in [3.05, 3.63) is 27.7 Å². The van der Waals surface area contributed by atoms with Crippen molar-refractivity contribution < 1.29 is 24.5 Å². The molecule has 0 radical (unpaired) electrons. The number of aliphatic carboxylic acids is 2. The molecule has 0 aliphatic carbocycles. The molecule has 6 nitrogen and oxygen atoms in total. The van der Waals surface area contributed by atoms with E-state index in [0.717, 1.165) is 23.2 Å². The van der Waals surface area contributed by atoms with Gasteiger partial charge in [0.15, 0.2) is 0 Å². The van der Waals surface area contributed by atoms with Crippen LogP contribution < -0.4 is 4.74 Å². The Morgan fingerprint density at radius 1 is 1.17 bits per heavy atom. The van der Waals surface area contributed by atoms with E-state index < -0.39 is 11.9 Å². The van der Waals surface area contributed by atoms with Crippen LogP contribution in [0.25, 0.3) is 0 Å². The highest BCUT2D eigenvalue weighted by molar-refractivity contribution is 9.10. The summed E-state index contributed by atoms with van der Waals surface area (Å²) in [6.07, 6.45) is 5.02. The van der Waals surface area contributed by atoms with Crippen molar-refractivity contribution in [1.82, 2.24) is 4.90 Å². The average molecular weight is 423 g/mol. The first kappa shape index (κ1) is 20.7. The van der Waals surface area contributed by atoms with Gasteiger partial charge in [0.05, 0.1) is 11.6 Å². The molecule has 0 spiro atoms. The fourth-order valence-corrected chi connectivity index (χ4v) is 2.95. The van der Waals surface area contributed by atoms with Gasteiger partial charge in [-0.15, -0.1) is 0 Å². The summed E-state index contributed by atoms with van der Waals surface area (Å²) < 4.78 is 6.67. The van der Waals surface area contributed by atoms with E-state index in [2.05, 4.69) is 20.8 Å². The van der Waals surface area contributed by atoms with Crippen LogP contribution in [0, 0.1) is 0 Å². The number of benzene rings is 1. The molecule has 0 amide bonds. The van der Waals surface area contributed by atoms with Gasteiger partial charge >= 0.3 is 11.9 Å². The van der Waals surface area contributed by atoms with Crippen LogP contribution in [0.4, 0.5) is 0 Å². The predicted molar refractivity (Wildman–Crippen MR) is 94.8 cm³/mol. The molecule has 1 aliphatic heterocycles. The number of carbonyl (C=O) groups is 2. The molecular formula is C16H21BrClNO5. The number of halogens is 2. The molecule has 134 valence electrons. The second kappa shape index (κ2) is 11.3. The summed E-state index contributed by atoms with van der Waals surface area (Å²) in [5, 5.41) is 15.5. The maximum atomic E-state index is 9.10. The van der Waals surface area contributed by atoms with Gasteiger partial charge in [-0.3, -0.25) is 0 Å². The Balaban J connectivity index is 0.000000413. The topological polar surface area (TPSA) is 87.1 Å². The summed E-state index contributed by atoms with van der Waals surface area (Å²) in [5.74, 6) is -2.87. The van der Waals surface area contributed by atoms with Gasteiger partial charge < -0.3 is 19.8 Å². The monoisotopic (exact) mass is 421 g/mol. The van der Waals surface area contributed by atoms with Gasteiger partial charge in [-0.2, -0.15) is 0 Å². The third-order valence-electron chi connectivity index (χ3n) is 3.40. The molecule has 1 aliphatic rings. The lowest BCUT2D eigenvalue weighted by Gasteiger charge is -2.14. The lowest BCUT2D eigenvalue weighted by Crippen LogP contribution is -2.20. The van der Waals surface area contributed by atoms with Crippen molar-refractivity contribution in [2.24, 2.45) is 0 Å². The highest BCUT2D eigenvalue weighted by atomic mass is 79.9. The Hall–Kier alpha value is -1.31. The number of unbranched alkanes of at least 4 members (excludes halogenated alkanes) is 1. The van der Waals surface area contributed by atoms with Gasteiger partial charge in [-0.05, 0) is 63.5 Å². The lowest BCUT2D eigenvalue weighted by atomic mass is 10.3. The fraction of sp³-hybridized carbons (Fsp3) is 0.500. The molecule has 1 saturated heterocycles. The number of carboxylic acids is 2. The predicted octanol–water partition coefficient (Wildman–Crippen LogP) is 3.51. The normalized spacial score (nSPS) is 13.9.